The van der Waals surface area contributed by atoms with Crippen molar-refractivity contribution in [3.05, 3.63) is 52.9 Å². The Bertz CT molecular complexity index is 561. The van der Waals surface area contributed by atoms with Crippen molar-refractivity contribution >= 4 is 11.6 Å². The van der Waals surface area contributed by atoms with Crippen molar-refractivity contribution in [2.75, 3.05) is 0 Å². The van der Waals surface area contributed by atoms with E-state index in [9.17, 15) is 9.50 Å². The minimum Gasteiger partial charge on any atom is -0.386 e. The molecule has 1 N–H and O–H groups in total. The van der Waals surface area contributed by atoms with Gasteiger partial charge in [-0.05, 0) is 44.2 Å². The zero-order chi connectivity index (χ0) is 13.3. The van der Waals surface area contributed by atoms with Gasteiger partial charge in [-0.25, -0.2) is 4.39 Å². The van der Waals surface area contributed by atoms with E-state index in [1.807, 2.05) is 0 Å². The Morgan fingerprint density at radius 3 is 2.33 bits per heavy atom. The molecule has 4 heteroatoms. The van der Waals surface area contributed by atoms with Gasteiger partial charge in [0.25, 0.3) is 0 Å². The quantitative estimate of drug-likeness (QED) is 0.897. The second kappa shape index (κ2) is 4.67. The van der Waals surface area contributed by atoms with E-state index in [-0.39, 0.29) is 5.82 Å². The van der Waals surface area contributed by atoms with Gasteiger partial charge < -0.3 is 5.11 Å². The number of rotatable bonds is 2. The van der Waals surface area contributed by atoms with Crippen LogP contribution in [0.25, 0.3) is 11.3 Å². The third kappa shape index (κ3) is 2.52. The predicted octanol–water partition coefficient (Wildman–Crippen LogP) is 3.77. The highest BCUT2D eigenvalue weighted by molar-refractivity contribution is 6.33. The number of benzene rings is 1. The maximum atomic E-state index is 12.9. The molecule has 0 aliphatic carbocycles. The molecule has 18 heavy (non-hydrogen) atoms. The molecule has 0 fully saturated rings. The topological polar surface area (TPSA) is 33.1 Å². The Balaban J connectivity index is 2.56. The molecule has 0 aliphatic rings. The normalized spacial score (nSPS) is 11.6. The number of aromatic nitrogens is 1. The van der Waals surface area contributed by atoms with Gasteiger partial charge >= 0.3 is 0 Å². The Morgan fingerprint density at radius 2 is 1.78 bits per heavy atom. The maximum Gasteiger partial charge on any atom is 0.123 e. The van der Waals surface area contributed by atoms with Crippen LogP contribution in [0.5, 0.6) is 0 Å². The number of aliphatic hydroxyl groups is 1. The average molecular weight is 266 g/mol. The van der Waals surface area contributed by atoms with Gasteiger partial charge in [0, 0.05) is 17.3 Å². The molecular formula is C14H13ClFNO. The van der Waals surface area contributed by atoms with Crippen LogP contribution in [0, 0.1) is 5.82 Å². The molecule has 0 radical (unpaired) electrons. The third-order valence-electron chi connectivity index (χ3n) is 2.67. The summed E-state index contributed by atoms with van der Waals surface area (Å²) in [6, 6.07) is 7.60. The van der Waals surface area contributed by atoms with Gasteiger partial charge in [-0.3, -0.25) is 4.98 Å². The van der Waals surface area contributed by atoms with E-state index in [2.05, 4.69) is 4.98 Å². The average Bonchev–Trinajstić information content (AvgIpc) is 2.29. The molecule has 0 saturated heterocycles. The lowest BCUT2D eigenvalue weighted by atomic mass is 9.97. The summed E-state index contributed by atoms with van der Waals surface area (Å²) in [5.41, 5.74) is 0.803. The maximum absolute atomic E-state index is 12.9. The molecule has 94 valence electrons. The van der Waals surface area contributed by atoms with Crippen LogP contribution in [0.4, 0.5) is 4.39 Å². The van der Waals surface area contributed by atoms with E-state index in [4.69, 9.17) is 11.6 Å². The molecule has 1 aromatic heterocycles. The SMILES string of the molecule is CC(C)(O)c1ccnc(-c2ccc(F)cc2)c1Cl. The number of nitrogens with zero attached hydrogens (tertiary/aromatic N) is 1. The van der Waals surface area contributed by atoms with Crippen molar-refractivity contribution in [2.45, 2.75) is 19.4 Å². The summed E-state index contributed by atoms with van der Waals surface area (Å²) in [7, 11) is 0. The minimum absolute atomic E-state index is 0.312. The monoisotopic (exact) mass is 265 g/mol. The van der Waals surface area contributed by atoms with Crippen molar-refractivity contribution < 1.29 is 9.50 Å². The molecule has 0 aliphatic heterocycles. The fourth-order valence-electron chi connectivity index (χ4n) is 1.73. The van der Waals surface area contributed by atoms with Gasteiger partial charge in [-0.1, -0.05) is 11.6 Å². The van der Waals surface area contributed by atoms with Crippen molar-refractivity contribution in [1.29, 1.82) is 0 Å². The zero-order valence-corrected chi connectivity index (χ0v) is 10.9. The molecule has 0 unspecified atom stereocenters. The van der Waals surface area contributed by atoms with Gasteiger partial charge in [0.1, 0.15) is 5.82 Å². The van der Waals surface area contributed by atoms with E-state index in [0.29, 0.717) is 21.8 Å². The fraction of sp³-hybridized carbons (Fsp3) is 0.214. The van der Waals surface area contributed by atoms with Crippen LogP contribution in [0.1, 0.15) is 19.4 Å². The van der Waals surface area contributed by atoms with Crippen molar-refractivity contribution in [3.63, 3.8) is 0 Å². The van der Waals surface area contributed by atoms with Gasteiger partial charge in [0.05, 0.1) is 16.3 Å². The Labute approximate surface area is 110 Å². The molecule has 2 nitrogen and oxygen atoms in total. The summed E-state index contributed by atoms with van der Waals surface area (Å²) in [4.78, 5) is 4.19. The first kappa shape index (κ1) is 13.0. The van der Waals surface area contributed by atoms with E-state index >= 15 is 0 Å². The van der Waals surface area contributed by atoms with E-state index in [1.54, 1.807) is 38.2 Å². The molecular weight excluding hydrogens is 253 g/mol. The second-order valence-corrected chi connectivity index (χ2v) is 4.96. The zero-order valence-electron chi connectivity index (χ0n) is 10.1. The van der Waals surface area contributed by atoms with E-state index < -0.39 is 5.60 Å². The lowest BCUT2D eigenvalue weighted by Crippen LogP contribution is -2.16. The summed E-state index contributed by atoms with van der Waals surface area (Å²) in [5, 5.41) is 10.4. The minimum atomic E-state index is -1.05. The number of hydrogen-bond acceptors (Lipinski definition) is 2. The standard InChI is InChI=1S/C14H13ClFNO/c1-14(2,18)11-7-8-17-13(12(11)15)9-3-5-10(16)6-4-9/h3-8,18H,1-2H3. The van der Waals surface area contributed by atoms with Gasteiger partial charge in [-0.15, -0.1) is 0 Å². The smallest absolute Gasteiger partial charge is 0.123 e. The Kier molecular flexibility index (Phi) is 3.37. The molecule has 1 heterocycles. The van der Waals surface area contributed by atoms with Crippen LogP contribution in [-0.2, 0) is 5.60 Å². The third-order valence-corrected chi connectivity index (χ3v) is 3.05. The molecule has 0 saturated carbocycles. The molecule has 2 rings (SSSR count). The summed E-state index contributed by atoms with van der Waals surface area (Å²) in [6.07, 6.45) is 1.58. The highest BCUT2D eigenvalue weighted by Crippen LogP contribution is 2.34. The highest BCUT2D eigenvalue weighted by Gasteiger charge is 2.22. The number of pyridine rings is 1. The van der Waals surface area contributed by atoms with Crippen molar-refractivity contribution in [2.24, 2.45) is 0 Å². The lowest BCUT2D eigenvalue weighted by Gasteiger charge is -2.20. The largest absolute Gasteiger partial charge is 0.386 e. The van der Waals surface area contributed by atoms with Crippen molar-refractivity contribution in [1.82, 2.24) is 4.98 Å². The lowest BCUT2D eigenvalue weighted by molar-refractivity contribution is 0.0787. The number of hydrogen-bond donors (Lipinski definition) is 1. The second-order valence-electron chi connectivity index (χ2n) is 4.59. The summed E-state index contributed by atoms with van der Waals surface area (Å²) in [6.45, 7) is 3.31. The summed E-state index contributed by atoms with van der Waals surface area (Å²) < 4.78 is 12.9. The van der Waals surface area contributed by atoms with Gasteiger partial charge in [0.2, 0.25) is 0 Å². The van der Waals surface area contributed by atoms with Crippen molar-refractivity contribution in [3.8, 4) is 11.3 Å². The molecule has 0 amide bonds. The molecule has 0 atom stereocenters. The summed E-state index contributed by atoms with van der Waals surface area (Å²) >= 11 is 6.25. The van der Waals surface area contributed by atoms with E-state index in [0.717, 1.165) is 0 Å². The van der Waals surface area contributed by atoms with Crippen LogP contribution in [0.2, 0.25) is 5.02 Å². The van der Waals surface area contributed by atoms with E-state index in [1.165, 1.54) is 12.1 Å². The first-order valence-corrected chi connectivity index (χ1v) is 5.90. The molecule has 0 bridgehead atoms. The Hall–Kier alpha value is -1.45. The van der Waals surface area contributed by atoms with Gasteiger partial charge in [-0.2, -0.15) is 0 Å². The van der Waals surface area contributed by atoms with Crippen LogP contribution in [-0.4, -0.2) is 10.1 Å². The highest BCUT2D eigenvalue weighted by atomic mass is 35.5. The van der Waals surface area contributed by atoms with Crippen LogP contribution < -0.4 is 0 Å². The predicted molar refractivity (Wildman–Crippen MR) is 69.9 cm³/mol. The van der Waals surface area contributed by atoms with Gasteiger partial charge in [0.15, 0.2) is 0 Å². The number of halogens is 2. The summed E-state index contributed by atoms with van der Waals surface area (Å²) in [5.74, 6) is -0.312. The fourth-order valence-corrected chi connectivity index (χ4v) is 2.18. The molecule has 0 spiro atoms. The Morgan fingerprint density at radius 1 is 1.17 bits per heavy atom. The van der Waals surface area contributed by atoms with Crippen LogP contribution in [0.15, 0.2) is 36.5 Å². The first-order chi connectivity index (χ1) is 8.39. The van der Waals surface area contributed by atoms with Crippen LogP contribution in [0.3, 0.4) is 0 Å². The van der Waals surface area contributed by atoms with Crippen LogP contribution >= 0.6 is 11.6 Å². The molecule has 1 aromatic carbocycles. The molecule has 2 aromatic rings. The first-order valence-electron chi connectivity index (χ1n) is 5.53.